The molecule has 3 N–H and O–H groups in total. The van der Waals surface area contributed by atoms with E-state index in [1.807, 2.05) is 12.1 Å². The normalized spacial score (nSPS) is 23.7. The number of carbonyl (C=O) groups excluding carboxylic acids is 2. The van der Waals surface area contributed by atoms with Gasteiger partial charge < -0.3 is 10.6 Å². The van der Waals surface area contributed by atoms with Crippen LogP contribution in [0.4, 0.5) is 5.69 Å². The molecular weight excluding hydrogens is 266 g/mol. The molecule has 0 radical (unpaired) electrons. The van der Waals surface area contributed by atoms with Crippen LogP contribution in [0.25, 0.3) is 0 Å². The van der Waals surface area contributed by atoms with Crippen molar-refractivity contribution in [3.63, 3.8) is 0 Å². The van der Waals surface area contributed by atoms with Gasteiger partial charge in [-0.2, -0.15) is 0 Å². The number of anilines is 1. The van der Waals surface area contributed by atoms with Crippen LogP contribution in [-0.4, -0.2) is 30.9 Å². The summed E-state index contributed by atoms with van der Waals surface area (Å²) in [7, 11) is 0. The highest BCUT2D eigenvalue weighted by atomic mass is 16.2. The first-order valence-corrected chi connectivity index (χ1v) is 7.63. The predicted molar refractivity (Wildman–Crippen MR) is 81.1 cm³/mol. The molecule has 2 heterocycles. The zero-order valence-corrected chi connectivity index (χ0v) is 12.0. The zero-order chi connectivity index (χ0) is 14.7. The van der Waals surface area contributed by atoms with Crippen molar-refractivity contribution in [2.75, 3.05) is 18.4 Å². The average molecular weight is 287 g/mol. The van der Waals surface area contributed by atoms with Crippen LogP contribution >= 0.6 is 0 Å². The van der Waals surface area contributed by atoms with E-state index in [-0.39, 0.29) is 17.9 Å². The fraction of sp³-hybridized carbons (Fsp3) is 0.500. The Hall–Kier alpha value is -1.88. The first-order valence-electron chi connectivity index (χ1n) is 7.63. The number of amides is 2. The van der Waals surface area contributed by atoms with Gasteiger partial charge >= 0.3 is 0 Å². The molecule has 0 bridgehead atoms. The molecule has 0 saturated carbocycles. The summed E-state index contributed by atoms with van der Waals surface area (Å²) in [5.74, 6) is 0.190. The van der Waals surface area contributed by atoms with E-state index in [4.69, 9.17) is 0 Å². The fourth-order valence-corrected chi connectivity index (χ4v) is 3.07. The number of piperidine rings is 2. The summed E-state index contributed by atoms with van der Waals surface area (Å²) in [6.45, 7) is 2.13. The third kappa shape index (κ3) is 3.42. The lowest BCUT2D eigenvalue weighted by molar-refractivity contribution is -0.133. The third-order valence-electron chi connectivity index (χ3n) is 4.28. The summed E-state index contributed by atoms with van der Waals surface area (Å²) in [5, 5.41) is 9.00. The minimum absolute atomic E-state index is 0.179. The van der Waals surface area contributed by atoms with Gasteiger partial charge in [0, 0.05) is 12.1 Å². The van der Waals surface area contributed by atoms with Crippen LogP contribution in [0.15, 0.2) is 24.3 Å². The topological polar surface area (TPSA) is 70.2 Å². The van der Waals surface area contributed by atoms with E-state index in [1.54, 1.807) is 0 Å². The molecule has 2 aliphatic rings. The van der Waals surface area contributed by atoms with Crippen LogP contribution in [0.3, 0.4) is 0 Å². The lowest BCUT2D eigenvalue weighted by atomic mass is 9.90. The Morgan fingerprint density at radius 2 is 1.90 bits per heavy atom. The molecule has 0 aromatic heterocycles. The number of imide groups is 1. The van der Waals surface area contributed by atoms with Crippen molar-refractivity contribution in [3.8, 4) is 0 Å². The molecule has 112 valence electrons. The van der Waals surface area contributed by atoms with Gasteiger partial charge in [-0.3, -0.25) is 14.9 Å². The molecule has 1 unspecified atom stereocenters. The molecule has 3 rings (SSSR count). The highest BCUT2D eigenvalue weighted by molar-refractivity contribution is 6.01. The Labute approximate surface area is 124 Å². The average Bonchev–Trinajstić information content (AvgIpc) is 2.51. The van der Waals surface area contributed by atoms with Gasteiger partial charge in [0.1, 0.15) is 6.04 Å². The van der Waals surface area contributed by atoms with Crippen LogP contribution in [0, 0.1) is 0 Å². The van der Waals surface area contributed by atoms with Crippen molar-refractivity contribution in [2.24, 2.45) is 0 Å². The maximum absolute atomic E-state index is 11.8. The summed E-state index contributed by atoms with van der Waals surface area (Å²) in [4.78, 5) is 23.0. The highest BCUT2D eigenvalue weighted by Crippen LogP contribution is 2.27. The van der Waals surface area contributed by atoms with E-state index in [2.05, 4.69) is 28.1 Å². The van der Waals surface area contributed by atoms with E-state index >= 15 is 0 Å². The summed E-state index contributed by atoms with van der Waals surface area (Å²) < 4.78 is 0. The summed E-state index contributed by atoms with van der Waals surface area (Å²) in [5.41, 5.74) is 2.29. The van der Waals surface area contributed by atoms with Gasteiger partial charge in [-0.15, -0.1) is 0 Å². The van der Waals surface area contributed by atoms with Crippen LogP contribution in [0.2, 0.25) is 0 Å². The highest BCUT2D eigenvalue weighted by Gasteiger charge is 2.26. The predicted octanol–water partition coefficient (Wildman–Crippen LogP) is 1.37. The molecule has 1 aromatic carbocycles. The smallest absolute Gasteiger partial charge is 0.249 e. The molecule has 2 saturated heterocycles. The van der Waals surface area contributed by atoms with Crippen molar-refractivity contribution >= 4 is 17.5 Å². The van der Waals surface area contributed by atoms with Crippen molar-refractivity contribution in [1.29, 1.82) is 0 Å². The molecule has 2 aliphatic heterocycles. The van der Waals surface area contributed by atoms with Gasteiger partial charge in [0.15, 0.2) is 0 Å². The minimum Gasteiger partial charge on any atom is -0.374 e. The second-order valence-electron chi connectivity index (χ2n) is 5.80. The molecule has 0 aliphatic carbocycles. The third-order valence-corrected chi connectivity index (χ3v) is 4.28. The second-order valence-corrected chi connectivity index (χ2v) is 5.80. The van der Waals surface area contributed by atoms with Crippen molar-refractivity contribution < 1.29 is 9.59 Å². The SMILES string of the molecule is O=C1CCC(Nc2cccc(C3CCNCC3)c2)C(=O)N1. The van der Waals surface area contributed by atoms with E-state index in [0.717, 1.165) is 31.6 Å². The van der Waals surface area contributed by atoms with Crippen LogP contribution in [0.1, 0.15) is 37.2 Å². The standard InChI is InChI=1S/C16H21N3O2/c20-15-5-4-14(16(21)19-15)18-13-3-1-2-12(10-13)11-6-8-17-9-7-11/h1-3,10-11,14,17-18H,4-9H2,(H,19,20,21). The van der Waals surface area contributed by atoms with E-state index < -0.39 is 0 Å². The Kier molecular flexibility index (Phi) is 4.20. The molecule has 1 aromatic rings. The molecular formula is C16H21N3O2. The molecule has 0 spiro atoms. The molecule has 5 nitrogen and oxygen atoms in total. The van der Waals surface area contributed by atoms with Crippen molar-refractivity contribution in [2.45, 2.75) is 37.6 Å². The van der Waals surface area contributed by atoms with Crippen LogP contribution in [0.5, 0.6) is 0 Å². The van der Waals surface area contributed by atoms with Gasteiger partial charge in [0.25, 0.3) is 0 Å². The van der Waals surface area contributed by atoms with E-state index in [1.165, 1.54) is 5.56 Å². The number of hydrogen-bond donors (Lipinski definition) is 3. The quantitative estimate of drug-likeness (QED) is 0.734. The first kappa shape index (κ1) is 14.1. The molecule has 5 heteroatoms. The van der Waals surface area contributed by atoms with Crippen molar-refractivity contribution in [3.05, 3.63) is 29.8 Å². The fourth-order valence-electron chi connectivity index (χ4n) is 3.07. The minimum atomic E-state index is -0.314. The van der Waals surface area contributed by atoms with Crippen molar-refractivity contribution in [1.82, 2.24) is 10.6 Å². The molecule has 1 atom stereocenters. The first-order chi connectivity index (χ1) is 10.2. The second kappa shape index (κ2) is 6.26. The Balaban J connectivity index is 1.68. The number of carbonyl (C=O) groups is 2. The Morgan fingerprint density at radius 1 is 1.10 bits per heavy atom. The number of nitrogens with one attached hydrogen (secondary N) is 3. The maximum Gasteiger partial charge on any atom is 0.249 e. The van der Waals surface area contributed by atoms with Crippen LogP contribution < -0.4 is 16.0 Å². The largest absolute Gasteiger partial charge is 0.374 e. The molecule has 2 fully saturated rings. The Morgan fingerprint density at radius 3 is 2.67 bits per heavy atom. The summed E-state index contributed by atoms with van der Waals surface area (Å²) in [6.07, 6.45) is 3.27. The number of benzene rings is 1. The van der Waals surface area contributed by atoms with Gasteiger partial charge in [-0.05, 0) is 56.0 Å². The summed E-state index contributed by atoms with van der Waals surface area (Å²) >= 11 is 0. The van der Waals surface area contributed by atoms with Gasteiger partial charge in [0.2, 0.25) is 11.8 Å². The van der Waals surface area contributed by atoms with E-state index in [0.29, 0.717) is 18.8 Å². The number of hydrogen-bond acceptors (Lipinski definition) is 4. The monoisotopic (exact) mass is 287 g/mol. The van der Waals surface area contributed by atoms with E-state index in [9.17, 15) is 9.59 Å². The van der Waals surface area contributed by atoms with Crippen LogP contribution in [-0.2, 0) is 9.59 Å². The summed E-state index contributed by atoms with van der Waals surface area (Å²) in [6, 6.07) is 8.00. The maximum atomic E-state index is 11.8. The molecule has 2 amide bonds. The molecule has 21 heavy (non-hydrogen) atoms. The van der Waals surface area contributed by atoms with Gasteiger partial charge in [-0.1, -0.05) is 12.1 Å². The Bertz CT molecular complexity index is 538. The lowest BCUT2D eigenvalue weighted by Crippen LogP contribution is -2.47. The number of rotatable bonds is 3. The lowest BCUT2D eigenvalue weighted by Gasteiger charge is -2.25. The van der Waals surface area contributed by atoms with Gasteiger partial charge in [0.05, 0.1) is 0 Å². The zero-order valence-electron chi connectivity index (χ0n) is 12.0. The van der Waals surface area contributed by atoms with Gasteiger partial charge in [-0.25, -0.2) is 0 Å².